The molecular formula is C36H90Si10. The molecule has 10 heteroatoms. The number of rotatable bonds is 7. The molecule has 0 heterocycles. The molecule has 0 unspecified atom stereocenters. The van der Waals surface area contributed by atoms with Crippen LogP contribution in [-0.4, -0.2) is 73.2 Å². The van der Waals surface area contributed by atoms with Gasteiger partial charge in [0.1, 0.15) is 0 Å². The van der Waals surface area contributed by atoms with Crippen LogP contribution in [0.1, 0.15) is 125 Å². The Kier molecular flexibility index (Phi) is 14.2. The topological polar surface area (TPSA) is 0 Å². The van der Waals surface area contributed by atoms with E-state index in [0.29, 0.717) is 30.2 Å². The smallest absolute Gasteiger partial charge is 0.0581 e. The van der Waals surface area contributed by atoms with Gasteiger partial charge in [-0.25, -0.2) is 0 Å². The van der Waals surface area contributed by atoms with Crippen molar-refractivity contribution in [2.45, 2.75) is 233 Å². The van der Waals surface area contributed by atoms with Crippen LogP contribution in [0.5, 0.6) is 0 Å². The Morgan fingerprint density at radius 2 is 0.326 bits per heavy atom. The van der Waals surface area contributed by atoms with E-state index in [0.717, 1.165) is 0 Å². The average Bonchev–Trinajstić information content (AvgIpc) is 2.69. The lowest BCUT2D eigenvalue weighted by atomic mass is 10.2. The molecule has 0 bridgehead atoms. The number of hydrogen-bond donors (Lipinski definition) is 0. The van der Waals surface area contributed by atoms with E-state index >= 15 is 0 Å². The summed E-state index contributed by atoms with van der Waals surface area (Å²) in [5, 5.41) is 2.72. The van der Waals surface area contributed by atoms with E-state index in [-0.39, 0.29) is 0 Å². The van der Waals surface area contributed by atoms with Gasteiger partial charge >= 0.3 is 0 Å². The first-order chi connectivity index (χ1) is 19.2. The maximum atomic E-state index is 3.03. The molecule has 0 rings (SSSR count). The Bertz CT molecular complexity index is 1020. The summed E-state index contributed by atoms with van der Waals surface area (Å²) in [5.74, 6) is 0. The van der Waals surface area contributed by atoms with Crippen molar-refractivity contribution < 1.29 is 0 Å². The van der Waals surface area contributed by atoms with Crippen molar-refractivity contribution in [3.05, 3.63) is 0 Å². The second-order valence-electron chi connectivity index (χ2n) is 24.8. The van der Waals surface area contributed by atoms with Crippen LogP contribution in [0.4, 0.5) is 0 Å². The minimum Gasteiger partial charge on any atom is -0.0690 e. The maximum Gasteiger partial charge on any atom is 0.0581 e. The summed E-state index contributed by atoms with van der Waals surface area (Å²) in [6, 6.07) is 0. The molecule has 0 N–H and O–H groups in total. The predicted molar refractivity (Wildman–Crippen MR) is 246 cm³/mol. The van der Waals surface area contributed by atoms with Gasteiger partial charge in [0.25, 0.3) is 0 Å². The molecule has 0 radical (unpaired) electrons. The summed E-state index contributed by atoms with van der Waals surface area (Å²) < 4.78 is 0. The fourth-order valence-electron chi connectivity index (χ4n) is 6.56. The molecule has 0 aromatic rings. The van der Waals surface area contributed by atoms with Gasteiger partial charge in [0.2, 0.25) is 0 Å². The Labute approximate surface area is 304 Å². The Balaban J connectivity index is 10.5. The second-order valence-corrected chi connectivity index (χ2v) is 115. The zero-order chi connectivity index (χ0) is 38.3. The van der Waals surface area contributed by atoms with Crippen molar-refractivity contribution in [1.29, 1.82) is 0 Å². The van der Waals surface area contributed by atoms with Gasteiger partial charge in [0, 0.05) is 0 Å². The maximum absolute atomic E-state index is 3.03. The van der Waals surface area contributed by atoms with Gasteiger partial charge in [-0.1, -0.05) is 203 Å². The molecule has 0 aliphatic heterocycles. The first kappa shape index (κ1) is 48.2. The standard InChI is InChI=1S/C36H90Si10/c1-31(2,3)41(19,20)37(39(43(23,24)33(7,8)9)44(25,26)34(10,11)12)38(42(21,22)32(4,5)6)40(45(27,28)35(13,14)15)46(29,30)36(16,17)18/h1-30H3. The van der Waals surface area contributed by atoms with Gasteiger partial charge in [-0.2, -0.15) is 0 Å². The van der Waals surface area contributed by atoms with Crippen molar-refractivity contribution >= 4 is 73.2 Å². The van der Waals surface area contributed by atoms with Crippen molar-refractivity contribution in [1.82, 2.24) is 0 Å². The summed E-state index contributed by atoms with van der Waals surface area (Å²) >= 11 is 0. The molecule has 0 aromatic heterocycles. The molecule has 0 saturated heterocycles. The summed E-state index contributed by atoms with van der Waals surface area (Å²) in [6.07, 6.45) is 0. The van der Waals surface area contributed by atoms with E-state index in [1.54, 1.807) is 0 Å². The summed E-state index contributed by atoms with van der Waals surface area (Å²) in [4.78, 5) is 0. The highest BCUT2D eigenvalue weighted by Crippen LogP contribution is 2.50. The van der Waals surface area contributed by atoms with Crippen molar-refractivity contribution in [3.63, 3.8) is 0 Å². The molecule has 0 spiro atoms. The van der Waals surface area contributed by atoms with Crippen LogP contribution < -0.4 is 0 Å². The SMILES string of the molecule is CC(C)(C)[Si](C)(C)[Si]([Si](=[Si]([Si](C)(C)C(C)(C)C)[Si](C)(C)C(C)(C)C)[Si](C)(C)C(C)(C)C)=[Si]([Si](C)(C)C(C)(C)C)[Si](C)(C)C(C)(C)C. The van der Waals surface area contributed by atoms with E-state index in [2.05, 4.69) is 203 Å². The van der Waals surface area contributed by atoms with E-state index in [9.17, 15) is 0 Å². The summed E-state index contributed by atoms with van der Waals surface area (Å²) in [5.41, 5.74) is 0. The third-order valence-corrected chi connectivity index (χ3v) is 209. The van der Waals surface area contributed by atoms with E-state index in [1.807, 2.05) is 0 Å². The van der Waals surface area contributed by atoms with Gasteiger partial charge in [-0.3, -0.25) is 0 Å². The van der Waals surface area contributed by atoms with Crippen molar-refractivity contribution in [2.24, 2.45) is 0 Å². The van der Waals surface area contributed by atoms with Crippen LogP contribution in [0.25, 0.3) is 0 Å². The molecule has 0 fully saturated rings. The van der Waals surface area contributed by atoms with E-state index in [1.165, 1.54) is 0 Å². The number of hydrogen-bond acceptors (Lipinski definition) is 0. The zero-order valence-electron chi connectivity index (χ0n) is 38.0. The van der Waals surface area contributed by atoms with Crippen LogP contribution in [0, 0.1) is 0 Å². The van der Waals surface area contributed by atoms with Gasteiger partial charge in [-0.15, -0.1) is 0 Å². The molecule has 0 amide bonds. The lowest BCUT2D eigenvalue weighted by Crippen LogP contribution is -2.79. The summed E-state index contributed by atoms with van der Waals surface area (Å²) in [7, 11) is -9.99. The molecule has 0 aromatic carbocycles. The second kappa shape index (κ2) is 13.5. The van der Waals surface area contributed by atoms with Crippen LogP contribution in [0.2, 0.25) is 109 Å². The van der Waals surface area contributed by atoms with Gasteiger partial charge in [0.05, 0.1) is 45.5 Å². The molecule has 0 aliphatic rings. The van der Waals surface area contributed by atoms with Crippen molar-refractivity contribution in [3.8, 4) is 0 Å². The highest BCUT2D eigenvalue weighted by molar-refractivity contribution is 7.94. The fraction of sp³-hybridized carbons (Fsp3) is 1.00. The molecule has 274 valence electrons. The molecular weight excluding hydrogens is 713 g/mol. The first-order valence-electron chi connectivity index (χ1n) is 18.8. The highest BCUT2D eigenvalue weighted by atomic mass is 30.1. The van der Waals surface area contributed by atoms with Crippen LogP contribution in [-0.2, 0) is 0 Å². The zero-order valence-corrected chi connectivity index (χ0v) is 48.0. The normalized spacial score (nSPS) is 16.0. The van der Waals surface area contributed by atoms with Crippen LogP contribution in [0.3, 0.4) is 0 Å². The predicted octanol–water partition coefficient (Wildman–Crippen LogP) is 13.7. The van der Waals surface area contributed by atoms with Crippen molar-refractivity contribution in [2.75, 3.05) is 0 Å². The van der Waals surface area contributed by atoms with Gasteiger partial charge < -0.3 is 0 Å². The Hall–Kier alpha value is 2.17. The van der Waals surface area contributed by atoms with E-state index < -0.39 is 73.2 Å². The fourth-order valence-corrected chi connectivity index (χ4v) is 366. The minimum absolute atomic E-state index is 0.452. The molecule has 0 nitrogen and oxygen atoms in total. The third-order valence-electron chi connectivity index (χ3n) is 15.8. The van der Waals surface area contributed by atoms with E-state index in [4.69, 9.17) is 0 Å². The largest absolute Gasteiger partial charge is 0.0690 e. The van der Waals surface area contributed by atoms with Crippen LogP contribution >= 0.6 is 0 Å². The highest BCUT2D eigenvalue weighted by Gasteiger charge is 2.60. The van der Waals surface area contributed by atoms with Gasteiger partial charge in [0.15, 0.2) is 0 Å². The van der Waals surface area contributed by atoms with Gasteiger partial charge in [-0.05, 0) is 57.9 Å². The average molecular weight is 804 g/mol. The lowest BCUT2D eigenvalue weighted by molar-refractivity contribution is 0.727. The lowest BCUT2D eigenvalue weighted by Gasteiger charge is -2.58. The minimum atomic E-state index is -1.70. The molecule has 46 heavy (non-hydrogen) atoms. The molecule has 0 saturated carbocycles. The first-order valence-corrected chi connectivity index (χ1v) is 51.8. The molecule has 0 atom stereocenters. The summed E-state index contributed by atoms with van der Waals surface area (Å²) in [6.45, 7) is 82.6. The monoisotopic (exact) mass is 802 g/mol. The Morgan fingerprint density at radius 1 is 0.217 bits per heavy atom. The van der Waals surface area contributed by atoms with Crippen LogP contribution in [0.15, 0.2) is 0 Å². The molecule has 0 aliphatic carbocycles. The third kappa shape index (κ3) is 8.68. The quantitative estimate of drug-likeness (QED) is 0.225. The Morgan fingerprint density at radius 3 is 0.413 bits per heavy atom.